The van der Waals surface area contributed by atoms with Crippen LogP contribution in [0.2, 0.25) is 5.02 Å². The Balaban J connectivity index is 1.73. The maximum atomic E-state index is 12.2. The van der Waals surface area contributed by atoms with Crippen LogP contribution in [0.5, 0.6) is 11.5 Å². The molecule has 0 fully saturated rings. The third kappa shape index (κ3) is 3.28. The molecule has 2 aromatic carbocycles. The largest absolute Gasteiger partial charge is 0.454 e. The quantitative estimate of drug-likeness (QED) is 0.318. The highest BCUT2D eigenvalue weighted by Crippen LogP contribution is 2.38. The predicted molar refractivity (Wildman–Crippen MR) is 105 cm³/mol. The number of hydrogen-bond donors (Lipinski definition) is 0. The molecular weight excluding hydrogens is 524 g/mol. The van der Waals surface area contributed by atoms with Gasteiger partial charge in [-0.05, 0) is 64.6 Å². The van der Waals surface area contributed by atoms with Crippen molar-refractivity contribution in [1.29, 1.82) is 0 Å². The predicted octanol–water partition coefficient (Wildman–Crippen LogP) is 4.78. The molecule has 2 aromatic rings. The summed E-state index contributed by atoms with van der Waals surface area (Å²) < 4.78 is 17.7. The highest BCUT2D eigenvalue weighted by molar-refractivity contribution is 14.1. The van der Waals surface area contributed by atoms with Crippen LogP contribution >= 0.6 is 50.1 Å². The Morgan fingerprint density at radius 1 is 1.20 bits per heavy atom. The van der Waals surface area contributed by atoms with Crippen LogP contribution < -0.4 is 9.47 Å². The van der Waals surface area contributed by atoms with Gasteiger partial charge in [0.1, 0.15) is 0 Å². The maximum Gasteiger partial charge on any atom is 0.363 e. The van der Waals surface area contributed by atoms with Crippen molar-refractivity contribution in [3.05, 3.63) is 60.2 Å². The van der Waals surface area contributed by atoms with E-state index in [-0.39, 0.29) is 18.4 Å². The highest BCUT2D eigenvalue weighted by Gasteiger charge is 2.26. The normalized spacial score (nSPS) is 17.0. The van der Waals surface area contributed by atoms with Crippen molar-refractivity contribution in [2.45, 2.75) is 0 Å². The number of nitrogens with zero attached hydrogens (tertiary/aromatic N) is 1. The summed E-state index contributed by atoms with van der Waals surface area (Å²) in [6.07, 6.45) is 1.63. The van der Waals surface area contributed by atoms with Crippen LogP contribution in [0.25, 0.3) is 6.08 Å². The fourth-order valence-corrected chi connectivity index (χ4v) is 3.50. The number of ether oxygens (including phenoxy) is 3. The number of cyclic esters (lactones) is 1. The van der Waals surface area contributed by atoms with Crippen molar-refractivity contribution in [3.63, 3.8) is 0 Å². The third-order valence-electron chi connectivity index (χ3n) is 3.56. The first-order valence-corrected chi connectivity index (χ1v) is 9.33. The molecule has 0 atom stereocenters. The van der Waals surface area contributed by atoms with E-state index in [9.17, 15) is 4.79 Å². The van der Waals surface area contributed by atoms with Gasteiger partial charge < -0.3 is 14.2 Å². The topological polar surface area (TPSA) is 57.1 Å². The molecule has 0 N–H and O–H groups in total. The molecule has 126 valence electrons. The highest BCUT2D eigenvalue weighted by atomic mass is 127. The minimum Gasteiger partial charge on any atom is -0.454 e. The summed E-state index contributed by atoms with van der Waals surface area (Å²) in [5.74, 6) is 0.926. The number of fused-ring (bicyclic) bond motifs is 1. The lowest BCUT2D eigenvalue weighted by Crippen LogP contribution is -2.06. The van der Waals surface area contributed by atoms with Crippen LogP contribution in [0.1, 0.15) is 11.1 Å². The molecule has 4 rings (SSSR count). The summed E-state index contributed by atoms with van der Waals surface area (Å²) in [7, 11) is 0. The average molecular weight is 533 g/mol. The van der Waals surface area contributed by atoms with Crippen molar-refractivity contribution in [1.82, 2.24) is 0 Å². The molecular formula is C17H8BrClINO4. The number of carbonyl (C=O) groups excluding carboxylic acids is 1. The molecule has 0 bridgehead atoms. The van der Waals surface area contributed by atoms with E-state index in [2.05, 4.69) is 43.5 Å². The second-order valence-corrected chi connectivity index (χ2v) is 7.69. The van der Waals surface area contributed by atoms with Gasteiger partial charge in [-0.2, -0.15) is 0 Å². The standard InChI is InChI=1S/C17H8BrClINO4/c18-11-6-15-14(23-7-24-15)4-8(11)3-13-17(22)25-16(21-13)10-5-9(20)1-2-12(10)19/h1-6H,7H2. The van der Waals surface area contributed by atoms with Gasteiger partial charge in [0.15, 0.2) is 17.2 Å². The van der Waals surface area contributed by atoms with Crippen LogP contribution in [-0.4, -0.2) is 18.7 Å². The molecule has 0 aliphatic carbocycles. The van der Waals surface area contributed by atoms with Crippen molar-refractivity contribution in [3.8, 4) is 11.5 Å². The first-order chi connectivity index (χ1) is 12.0. The van der Waals surface area contributed by atoms with E-state index < -0.39 is 5.97 Å². The Morgan fingerprint density at radius 2 is 1.96 bits per heavy atom. The molecule has 0 aromatic heterocycles. The summed E-state index contributed by atoms with van der Waals surface area (Å²) in [6.45, 7) is 0.178. The zero-order chi connectivity index (χ0) is 17.6. The van der Waals surface area contributed by atoms with E-state index in [1.807, 2.05) is 12.1 Å². The summed E-state index contributed by atoms with van der Waals surface area (Å²) in [6, 6.07) is 8.98. The first-order valence-electron chi connectivity index (χ1n) is 7.08. The van der Waals surface area contributed by atoms with Gasteiger partial charge >= 0.3 is 5.97 Å². The van der Waals surface area contributed by atoms with Gasteiger partial charge in [0, 0.05) is 8.04 Å². The zero-order valence-electron chi connectivity index (χ0n) is 12.4. The van der Waals surface area contributed by atoms with Crippen molar-refractivity contribution in [2.24, 2.45) is 4.99 Å². The molecule has 5 nitrogen and oxygen atoms in total. The number of hydrogen-bond acceptors (Lipinski definition) is 5. The van der Waals surface area contributed by atoms with Crippen molar-refractivity contribution >= 4 is 68.1 Å². The SMILES string of the molecule is O=C1OC(c2cc(I)ccc2Cl)=NC1=Cc1cc2c(cc1Br)OCO2. The van der Waals surface area contributed by atoms with E-state index in [1.165, 1.54) is 0 Å². The van der Waals surface area contributed by atoms with E-state index >= 15 is 0 Å². The fraction of sp³-hybridized carbons (Fsp3) is 0.0588. The molecule has 0 saturated carbocycles. The van der Waals surface area contributed by atoms with Gasteiger partial charge in [0.25, 0.3) is 0 Å². The maximum absolute atomic E-state index is 12.2. The van der Waals surface area contributed by atoms with Crippen LogP contribution in [0, 0.1) is 3.57 Å². The molecule has 0 radical (unpaired) electrons. The molecule has 0 saturated heterocycles. The lowest BCUT2D eigenvalue weighted by atomic mass is 10.1. The molecule has 0 amide bonds. The number of aliphatic imine (C=N–C) groups is 1. The summed E-state index contributed by atoms with van der Waals surface area (Å²) >= 11 is 11.8. The van der Waals surface area contributed by atoms with Crippen LogP contribution in [0.15, 0.2) is 45.5 Å². The third-order valence-corrected chi connectivity index (χ3v) is 5.25. The second kappa shape index (κ2) is 6.62. The first kappa shape index (κ1) is 16.9. The zero-order valence-corrected chi connectivity index (χ0v) is 16.9. The minimum atomic E-state index is -0.533. The smallest absolute Gasteiger partial charge is 0.363 e. The number of benzene rings is 2. The second-order valence-electron chi connectivity index (χ2n) is 5.19. The number of carbonyl (C=O) groups is 1. The van der Waals surface area contributed by atoms with Gasteiger partial charge in [-0.25, -0.2) is 9.79 Å². The van der Waals surface area contributed by atoms with Crippen LogP contribution in [0.4, 0.5) is 0 Å². The van der Waals surface area contributed by atoms with Crippen LogP contribution in [-0.2, 0) is 9.53 Å². The van der Waals surface area contributed by atoms with Crippen molar-refractivity contribution in [2.75, 3.05) is 6.79 Å². The van der Waals surface area contributed by atoms with Gasteiger partial charge in [0.2, 0.25) is 12.7 Å². The monoisotopic (exact) mass is 531 g/mol. The molecule has 0 unspecified atom stereocenters. The Morgan fingerprint density at radius 3 is 2.76 bits per heavy atom. The molecule has 2 aliphatic rings. The molecule has 8 heteroatoms. The molecule has 25 heavy (non-hydrogen) atoms. The van der Waals surface area contributed by atoms with Crippen LogP contribution in [0.3, 0.4) is 0 Å². The number of halogens is 3. The summed E-state index contributed by atoms with van der Waals surface area (Å²) in [5, 5.41) is 0.470. The average Bonchev–Trinajstić information content (AvgIpc) is 3.17. The Labute approximate surface area is 169 Å². The Bertz CT molecular complexity index is 973. The fourth-order valence-electron chi connectivity index (χ4n) is 2.38. The summed E-state index contributed by atoms with van der Waals surface area (Å²) in [5.41, 5.74) is 1.49. The van der Waals surface area contributed by atoms with E-state index in [0.29, 0.717) is 22.1 Å². The lowest BCUT2D eigenvalue weighted by molar-refractivity contribution is -0.129. The lowest BCUT2D eigenvalue weighted by Gasteiger charge is -2.02. The Hall–Kier alpha value is -1.58. The van der Waals surface area contributed by atoms with Gasteiger partial charge in [-0.1, -0.05) is 27.5 Å². The Kier molecular flexibility index (Phi) is 4.47. The van der Waals surface area contributed by atoms with Gasteiger partial charge in [0.05, 0.1) is 10.6 Å². The van der Waals surface area contributed by atoms with E-state index in [0.717, 1.165) is 13.6 Å². The molecule has 2 aliphatic heterocycles. The molecule has 2 heterocycles. The van der Waals surface area contributed by atoms with E-state index in [4.69, 9.17) is 25.8 Å². The number of rotatable bonds is 2. The minimum absolute atomic E-state index is 0.178. The van der Waals surface area contributed by atoms with E-state index in [1.54, 1.807) is 24.3 Å². The van der Waals surface area contributed by atoms with Gasteiger partial charge in [-0.15, -0.1) is 0 Å². The molecule has 0 spiro atoms. The number of esters is 1. The summed E-state index contributed by atoms with van der Waals surface area (Å²) in [4.78, 5) is 16.5. The van der Waals surface area contributed by atoms with Gasteiger partial charge in [-0.3, -0.25) is 0 Å². The van der Waals surface area contributed by atoms with Crippen molar-refractivity contribution < 1.29 is 19.0 Å².